The van der Waals surface area contributed by atoms with Crippen molar-refractivity contribution in [1.29, 1.82) is 0 Å². The predicted molar refractivity (Wildman–Crippen MR) is 90.5 cm³/mol. The summed E-state index contributed by atoms with van der Waals surface area (Å²) in [4.78, 5) is 20.9. The van der Waals surface area contributed by atoms with Gasteiger partial charge in [-0.3, -0.25) is 0 Å². The third kappa shape index (κ3) is 2.48. The Morgan fingerprint density at radius 1 is 1.17 bits per heavy atom. The van der Waals surface area contributed by atoms with Gasteiger partial charge in [0.05, 0.1) is 5.56 Å². The van der Waals surface area contributed by atoms with Crippen LogP contribution in [-0.4, -0.2) is 53.5 Å². The molecule has 0 aliphatic carbocycles. The van der Waals surface area contributed by atoms with Gasteiger partial charge < -0.3 is 20.9 Å². The fourth-order valence-electron chi connectivity index (χ4n) is 3.87. The Morgan fingerprint density at radius 2 is 1.83 bits per heavy atom. The van der Waals surface area contributed by atoms with E-state index in [1.807, 2.05) is 15.9 Å². The topological polar surface area (TPSA) is 74.0 Å². The fraction of sp³-hybridized carbons (Fsp3) is 0.529. The van der Waals surface area contributed by atoms with Crippen molar-refractivity contribution in [2.75, 3.05) is 31.5 Å². The highest BCUT2D eigenvalue weighted by molar-refractivity contribution is 6.04. The van der Waals surface area contributed by atoms with Gasteiger partial charge in [0.2, 0.25) is 0 Å². The molecule has 0 aromatic heterocycles. The number of hydrogen-bond donors (Lipinski definition) is 2. The number of nitrogens with zero attached hydrogens (tertiary/aromatic N) is 3. The second-order valence-corrected chi connectivity index (χ2v) is 6.78. The Hall–Kier alpha value is -2.31. The van der Waals surface area contributed by atoms with Crippen LogP contribution in [0.25, 0.3) is 0 Å². The molecule has 3 heterocycles. The maximum absolute atomic E-state index is 14.0. The molecule has 0 unspecified atom stereocenters. The zero-order valence-electron chi connectivity index (χ0n) is 13.6. The van der Waals surface area contributed by atoms with Crippen molar-refractivity contribution in [3.8, 4) is 0 Å². The molecule has 0 bridgehead atoms. The first-order valence-electron chi connectivity index (χ1n) is 8.54. The summed E-state index contributed by atoms with van der Waals surface area (Å²) in [6.07, 6.45) is 3.52. The van der Waals surface area contributed by atoms with Crippen molar-refractivity contribution in [2.45, 2.75) is 31.3 Å². The first-order valence-corrected chi connectivity index (χ1v) is 8.54. The third-order valence-corrected chi connectivity index (χ3v) is 5.21. The van der Waals surface area contributed by atoms with Crippen LogP contribution in [0, 0.1) is 5.82 Å². The lowest BCUT2D eigenvalue weighted by molar-refractivity contribution is 0.138. The van der Waals surface area contributed by atoms with Crippen LogP contribution in [-0.2, 0) is 0 Å². The number of nitrogens with two attached hydrogens (primary N) is 1. The van der Waals surface area contributed by atoms with Gasteiger partial charge in [-0.05, 0) is 25.0 Å². The van der Waals surface area contributed by atoms with E-state index in [4.69, 9.17) is 5.73 Å². The number of carbonyl (C=O) groups is 1. The van der Waals surface area contributed by atoms with Crippen LogP contribution < -0.4 is 11.1 Å². The molecule has 0 atom stereocenters. The molecule has 0 radical (unpaired) electrons. The number of carbonyl (C=O) groups excluding carboxylic acids is 1. The molecule has 3 aliphatic heterocycles. The number of benzene rings is 1. The number of nitrogens with one attached hydrogen (secondary N) is 1. The van der Waals surface area contributed by atoms with E-state index in [0.29, 0.717) is 37.2 Å². The van der Waals surface area contributed by atoms with Gasteiger partial charge in [-0.15, -0.1) is 0 Å². The highest BCUT2D eigenvalue weighted by Crippen LogP contribution is 2.35. The third-order valence-electron chi connectivity index (χ3n) is 5.21. The number of hydrogen-bond acceptors (Lipinski definition) is 4. The smallest absolute Gasteiger partial charge is 0.320 e. The van der Waals surface area contributed by atoms with Gasteiger partial charge in [-0.1, -0.05) is 6.07 Å². The molecule has 7 heteroatoms. The number of amides is 2. The van der Waals surface area contributed by atoms with E-state index in [0.717, 1.165) is 25.9 Å². The number of halogens is 1. The van der Waals surface area contributed by atoms with Crippen LogP contribution in [0.5, 0.6) is 0 Å². The Labute approximate surface area is 140 Å². The molecule has 3 aliphatic rings. The predicted octanol–water partition coefficient (Wildman–Crippen LogP) is 1.96. The maximum atomic E-state index is 14.0. The number of fused-ring (bicyclic) bond motifs is 1. The van der Waals surface area contributed by atoms with Gasteiger partial charge in [0, 0.05) is 44.7 Å². The van der Waals surface area contributed by atoms with E-state index in [2.05, 4.69) is 10.3 Å². The number of urea groups is 1. The lowest BCUT2D eigenvalue weighted by atomic mass is 9.94. The molecule has 6 nitrogen and oxygen atoms in total. The molecule has 2 saturated heterocycles. The van der Waals surface area contributed by atoms with Crippen LogP contribution in [0.2, 0.25) is 0 Å². The quantitative estimate of drug-likeness (QED) is 0.763. The van der Waals surface area contributed by atoms with Gasteiger partial charge in [-0.25, -0.2) is 14.2 Å². The molecule has 1 aromatic rings. The molecule has 24 heavy (non-hydrogen) atoms. The normalized spacial score (nSPS) is 22.1. The largest absolute Gasteiger partial charge is 0.383 e. The first kappa shape index (κ1) is 15.2. The van der Waals surface area contributed by atoms with E-state index < -0.39 is 5.66 Å². The average Bonchev–Trinajstić information content (AvgIpc) is 3.09. The van der Waals surface area contributed by atoms with E-state index in [-0.39, 0.29) is 17.7 Å². The Morgan fingerprint density at radius 3 is 2.54 bits per heavy atom. The van der Waals surface area contributed by atoms with E-state index >= 15 is 0 Å². The first-order chi connectivity index (χ1) is 11.6. The Kier molecular flexibility index (Phi) is 3.58. The van der Waals surface area contributed by atoms with Crippen molar-refractivity contribution >= 4 is 17.6 Å². The van der Waals surface area contributed by atoms with Crippen LogP contribution in [0.15, 0.2) is 23.2 Å². The zero-order chi connectivity index (χ0) is 16.7. The average molecular weight is 331 g/mol. The van der Waals surface area contributed by atoms with Crippen LogP contribution in [0.3, 0.4) is 0 Å². The summed E-state index contributed by atoms with van der Waals surface area (Å²) in [7, 11) is 0. The minimum atomic E-state index is -0.535. The summed E-state index contributed by atoms with van der Waals surface area (Å²) in [6.45, 7) is 2.97. The minimum Gasteiger partial charge on any atom is -0.383 e. The van der Waals surface area contributed by atoms with Crippen molar-refractivity contribution in [1.82, 2.24) is 9.80 Å². The molecular weight excluding hydrogens is 309 g/mol. The number of likely N-dealkylation sites (tertiary alicyclic amines) is 2. The summed E-state index contributed by atoms with van der Waals surface area (Å²) in [5.41, 5.74) is 6.52. The second kappa shape index (κ2) is 5.65. The van der Waals surface area contributed by atoms with Gasteiger partial charge in [0.25, 0.3) is 0 Å². The highest BCUT2D eigenvalue weighted by Gasteiger charge is 2.40. The molecule has 128 valence electrons. The summed E-state index contributed by atoms with van der Waals surface area (Å²) < 4.78 is 14.0. The molecule has 2 amide bonds. The SMILES string of the molecule is NC1=NC2(CCN(C(=O)N3CCCC3)CC2)Nc2cccc(F)c21. The van der Waals surface area contributed by atoms with E-state index in [1.54, 1.807) is 6.07 Å². The molecule has 0 saturated carbocycles. The van der Waals surface area contributed by atoms with Crippen molar-refractivity contribution in [3.63, 3.8) is 0 Å². The Bertz CT molecular complexity index is 690. The lowest BCUT2D eigenvalue weighted by Gasteiger charge is -2.43. The number of aliphatic imine (C=N–C) groups is 1. The number of rotatable bonds is 0. The molecule has 3 N–H and O–H groups in total. The molecule has 2 fully saturated rings. The standard InChI is InChI=1S/C17H22FN5O/c18-12-4-3-5-13-14(12)15(19)21-17(20-13)6-10-23(11-7-17)16(24)22-8-1-2-9-22/h3-5,20H,1-2,6-11H2,(H2,19,21). The maximum Gasteiger partial charge on any atom is 0.320 e. The van der Waals surface area contributed by atoms with E-state index in [9.17, 15) is 9.18 Å². The van der Waals surface area contributed by atoms with Gasteiger partial charge in [0.15, 0.2) is 0 Å². The lowest BCUT2D eigenvalue weighted by Crippen LogP contribution is -2.54. The highest BCUT2D eigenvalue weighted by atomic mass is 19.1. The zero-order valence-corrected chi connectivity index (χ0v) is 13.6. The fourth-order valence-corrected chi connectivity index (χ4v) is 3.87. The number of anilines is 1. The van der Waals surface area contributed by atoms with Gasteiger partial charge in [-0.2, -0.15) is 0 Å². The molecule has 1 aromatic carbocycles. The molecule has 4 rings (SSSR count). The van der Waals surface area contributed by atoms with Gasteiger partial charge >= 0.3 is 6.03 Å². The van der Waals surface area contributed by atoms with Crippen LogP contribution >= 0.6 is 0 Å². The minimum absolute atomic E-state index is 0.126. The summed E-state index contributed by atoms with van der Waals surface area (Å²) >= 11 is 0. The van der Waals surface area contributed by atoms with Crippen molar-refractivity contribution in [2.24, 2.45) is 10.7 Å². The number of piperidine rings is 1. The Balaban J connectivity index is 1.49. The van der Waals surface area contributed by atoms with E-state index in [1.165, 1.54) is 6.07 Å². The summed E-state index contributed by atoms with van der Waals surface area (Å²) in [5, 5.41) is 3.35. The molecular formula is C17H22FN5O. The summed E-state index contributed by atoms with van der Waals surface area (Å²) in [5.74, 6) is -0.126. The molecule has 1 spiro atoms. The van der Waals surface area contributed by atoms with Crippen LogP contribution in [0.4, 0.5) is 14.9 Å². The van der Waals surface area contributed by atoms with Crippen LogP contribution in [0.1, 0.15) is 31.2 Å². The number of amidine groups is 1. The monoisotopic (exact) mass is 331 g/mol. The summed E-state index contributed by atoms with van der Waals surface area (Å²) in [6, 6.07) is 5.00. The second-order valence-electron chi connectivity index (χ2n) is 6.78. The van der Waals surface area contributed by atoms with Crippen molar-refractivity contribution in [3.05, 3.63) is 29.6 Å². The van der Waals surface area contributed by atoms with Gasteiger partial charge in [0.1, 0.15) is 17.3 Å². The van der Waals surface area contributed by atoms with Crippen molar-refractivity contribution < 1.29 is 9.18 Å².